The Hall–Kier alpha value is -1.24. The lowest BCUT2D eigenvalue weighted by atomic mass is 10.1. The summed E-state index contributed by atoms with van der Waals surface area (Å²) < 4.78 is 0. The monoisotopic (exact) mass is 278 g/mol. The quantitative estimate of drug-likeness (QED) is 0.634. The van der Waals surface area contributed by atoms with Crippen LogP contribution in [0.3, 0.4) is 0 Å². The van der Waals surface area contributed by atoms with E-state index in [4.69, 9.17) is 5.84 Å². The standard InChI is InChI=1S/C14H26N6/c1-11-9-12(18-15)17-13(16-11)10-19-5-7-20(8-6-19)14(2,3)4/h9H,5-8,10,15H2,1-4H3,(H,16,17,18). The first kappa shape index (κ1) is 15.2. The van der Waals surface area contributed by atoms with Crippen molar-refractivity contribution in [1.29, 1.82) is 0 Å². The Labute approximate surface area is 121 Å². The van der Waals surface area contributed by atoms with Gasteiger partial charge >= 0.3 is 0 Å². The van der Waals surface area contributed by atoms with Gasteiger partial charge in [-0.2, -0.15) is 0 Å². The molecular weight excluding hydrogens is 252 g/mol. The summed E-state index contributed by atoms with van der Waals surface area (Å²) in [7, 11) is 0. The zero-order valence-electron chi connectivity index (χ0n) is 13.0. The molecule has 1 aromatic heterocycles. The lowest BCUT2D eigenvalue weighted by molar-refractivity contribution is 0.0580. The van der Waals surface area contributed by atoms with Crippen LogP contribution < -0.4 is 11.3 Å². The van der Waals surface area contributed by atoms with Gasteiger partial charge in [0.25, 0.3) is 0 Å². The van der Waals surface area contributed by atoms with Crippen LogP contribution in [0.25, 0.3) is 0 Å². The maximum atomic E-state index is 5.43. The fraction of sp³-hybridized carbons (Fsp3) is 0.714. The summed E-state index contributed by atoms with van der Waals surface area (Å²) >= 11 is 0. The molecular formula is C14H26N6. The number of anilines is 1. The summed E-state index contributed by atoms with van der Waals surface area (Å²) in [5.74, 6) is 6.94. The number of hydrogen-bond donors (Lipinski definition) is 2. The highest BCUT2D eigenvalue weighted by Crippen LogP contribution is 2.16. The molecule has 1 aliphatic heterocycles. The lowest BCUT2D eigenvalue weighted by Crippen LogP contribution is -2.53. The maximum Gasteiger partial charge on any atom is 0.145 e. The van der Waals surface area contributed by atoms with Crippen LogP contribution in [-0.4, -0.2) is 51.5 Å². The predicted molar refractivity (Wildman–Crippen MR) is 81.2 cm³/mol. The molecule has 112 valence electrons. The van der Waals surface area contributed by atoms with Gasteiger partial charge in [0, 0.05) is 43.5 Å². The number of nitrogens with one attached hydrogen (secondary N) is 1. The van der Waals surface area contributed by atoms with Crippen LogP contribution in [0.2, 0.25) is 0 Å². The molecule has 0 aliphatic carbocycles. The highest BCUT2D eigenvalue weighted by Gasteiger charge is 2.26. The van der Waals surface area contributed by atoms with Gasteiger partial charge < -0.3 is 5.43 Å². The number of piperazine rings is 1. The van der Waals surface area contributed by atoms with E-state index in [1.807, 2.05) is 13.0 Å². The Morgan fingerprint density at radius 2 is 1.85 bits per heavy atom. The first-order valence-corrected chi connectivity index (χ1v) is 7.17. The highest BCUT2D eigenvalue weighted by atomic mass is 15.3. The van der Waals surface area contributed by atoms with Gasteiger partial charge in [-0.25, -0.2) is 15.8 Å². The normalized spacial score (nSPS) is 18.2. The van der Waals surface area contributed by atoms with E-state index in [0.29, 0.717) is 5.82 Å². The Morgan fingerprint density at radius 3 is 2.40 bits per heavy atom. The van der Waals surface area contributed by atoms with E-state index in [-0.39, 0.29) is 5.54 Å². The maximum absolute atomic E-state index is 5.43. The number of nitrogens with zero attached hydrogens (tertiary/aromatic N) is 4. The smallest absolute Gasteiger partial charge is 0.145 e. The van der Waals surface area contributed by atoms with Gasteiger partial charge in [0.05, 0.1) is 6.54 Å². The molecule has 1 aromatic rings. The number of rotatable bonds is 3. The van der Waals surface area contributed by atoms with E-state index in [1.165, 1.54) is 0 Å². The molecule has 1 saturated heterocycles. The number of aromatic nitrogens is 2. The minimum absolute atomic E-state index is 0.253. The number of nitrogens with two attached hydrogens (primary N) is 1. The minimum atomic E-state index is 0.253. The second-order valence-electron chi connectivity index (χ2n) is 6.39. The lowest BCUT2D eigenvalue weighted by Gasteiger charge is -2.42. The van der Waals surface area contributed by atoms with Gasteiger partial charge in [-0.1, -0.05) is 0 Å². The molecule has 3 N–H and O–H groups in total. The van der Waals surface area contributed by atoms with Crippen molar-refractivity contribution in [2.24, 2.45) is 5.84 Å². The number of nitrogen functional groups attached to an aromatic ring is 1. The second-order valence-corrected chi connectivity index (χ2v) is 6.39. The zero-order chi connectivity index (χ0) is 14.8. The van der Waals surface area contributed by atoms with E-state index in [2.05, 4.69) is 46.0 Å². The van der Waals surface area contributed by atoms with Crippen LogP contribution in [0.4, 0.5) is 5.82 Å². The SMILES string of the molecule is Cc1cc(NN)nc(CN2CCN(C(C)(C)C)CC2)n1. The molecule has 6 heteroatoms. The predicted octanol–water partition coefficient (Wildman–Crippen LogP) is 0.987. The van der Waals surface area contributed by atoms with Crippen LogP contribution in [0.5, 0.6) is 0 Å². The molecule has 0 amide bonds. The van der Waals surface area contributed by atoms with Gasteiger partial charge in [0.15, 0.2) is 0 Å². The van der Waals surface area contributed by atoms with Crippen molar-refractivity contribution >= 4 is 5.82 Å². The average Bonchev–Trinajstić information content (AvgIpc) is 2.37. The number of aryl methyl sites for hydroxylation is 1. The van der Waals surface area contributed by atoms with Crippen molar-refractivity contribution in [2.45, 2.75) is 39.8 Å². The van der Waals surface area contributed by atoms with Crippen molar-refractivity contribution < 1.29 is 0 Å². The third-order valence-electron chi connectivity index (χ3n) is 3.73. The zero-order valence-corrected chi connectivity index (χ0v) is 13.0. The highest BCUT2D eigenvalue weighted by molar-refractivity contribution is 5.33. The summed E-state index contributed by atoms with van der Waals surface area (Å²) in [4.78, 5) is 13.8. The second kappa shape index (κ2) is 6.03. The fourth-order valence-corrected chi connectivity index (χ4v) is 2.55. The third kappa shape index (κ3) is 3.88. The van der Waals surface area contributed by atoms with E-state index in [0.717, 1.165) is 44.2 Å². The van der Waals surface area contributed by atoms with Gasteiger partial charge in [0.1, 0.15) is 11.6 Å². The molecule has 0 unspecified atom stereocenters. The van der Waals surface area contributed by atoms with Gasteiger partial charge in [0.2, 0.25) is 0 Å². The fourth-order valence-electron chi connectivity index (χ4n) is 2.55. The molecule has 0 bridgehead atoms. The molecule has 0 saturated carbocycles. The van der Waals surface area contributed by atoms with E-state index in [9.17, 15) is 0 Å². The molecule has 0 spiro atoms. The van der Waals surface area contributed by atoms with E-state index >= 15 is 0 Å². The molecule has 1 fully saturated rings. The van der Waals surface area contributed by atoms with E-state index < -0.39 is 0 Å². The Balaban J connectivity index is 1.94. The molecule has 20 heavy (non-hydrogen) atoms. The number of hydrogen-bond acceptors (Lipinski definition) is 6. The largest absolute Gasteiger partial charge is 0.308 e. The van der Waals surface area contributed by atoms with E-state index in [1.54, 1.807) is 0 Å². The van der Waals surface area contributed by atoms with Crippen LogP contribution in [-0.2, 0) is 6.54 Å². The van der Waals surface area contributed by atoms with Gasteiger partial charge in [-0.3, -0.25) is 9.80 Å². The van der Waals surface area contributed by atoms with Crippen LogP contribution in [0.1, 0.15) is 32.3 Å². The topological polar surface area (TPSA) is 70.3 Å². The first-order valence-electron chi connectivity index (χ1n) is 7.17. The Morgan fingerprint density at radius 1 is 1.20 bits per heavy atom. The summed E-state index contributed by atoms with van der Waals surface area (Å²) in [6.07, 6.45) is 0. The Bertz CT molecular complexity index is 445. The summed E-state index contributed by atoms with van der Waals surface area (Å²) in [5.41, 5.74) is 3.79. The van der Waals surface area contributed by atoms with Crippen molar-refractivity contribution in [1.82, 2.24) is 19.8 Å². The minimum Gasteiger partial charge on any atom is -0.308 e. The molecule has 2 rings (SSSR count). The Kier molecular flexibility index (Phi) is 4.57. The number of hydrazine groups is 1. The first-order chi connectivity index (χ1) is 9.38. The van der Waals surface area contributed by atoms with Crippen molar-refractivity contribution in [3.63, 3.8) is 0 Å². The van der Waals surface area contributed by atoms with Crippen LogP contribution in [0, 0.1) is 6.92 Å². The van der Waals surface area contributed by atoms with Gasteiger partial charge in [-0.05, 0) is 27.7 Å². The molecule has 0 aromatic carbocycles. The molecule has 0 atom stereocenters. The molecule has 6 nitrogen and oxygen atoms in total. The molecule has 2 heterocycles. The van der Waals surface area contributed by atoms with Crippen molar-refractivity contribution in [2.75, 3.05) is 31.6 Å². The van der Waals surface area contributed by atoms with Crippen molar-refractivity contribution in [3.05, 3.63) is 17.6 Å². The van der Waals surface area contributed by atoms with Crippen LogP contribution in [0.15, 0.2) is 6.07 Å². The molecule has 1 aliphatic rings. The summed E-state index contributed by atoms with van der Waals surface area (Å²) in [6, 6.07) is 1.85. The van der Waals surface area contributed by atoms with Gasteiger partial charge in [-0.15, -0.1) is 0 Å². The average molecular weight is 278 g/mol. The van der Waals surface area contributed by atoms with Crippen LogP contribution >= 0.6 is 0 Å². The van der Waals surface area contributed by atoms with Crippen molar-refractivity contribution in [3.8, 4) is 0 Å². The molecule has 0 radical (unpaired) electrons. The summed E-state index contributed by atoms with van der Waals surface area (Å²) in [6.45, 7) is 13.9. The third-order valence-corrected chi connectivity index (χ3v) is 3.73. The summed E-state index contributed by atoms with van der Waals surface area (Å²) in [5, 5.41) is 0.